The predicted octanol–water partition coefficient (Wildman–Crippen LogP) is 4.49. The van der Waals surface area contributed by atoms with Crippen molar-refractivity contribution in [1.29, 1.82) is 0 Å². The Morgan fingerprint density at radius 1 is 0.939 bits per heavy atom. The third kappa shape index (κ3) is 5.67. The first-order valence-corrected chi connectivity index (χ1v) is 11.4. The first-order chi connectivity index (χ1) is 16.1. The van der Waals surface area contributed by atoms with Crippen LogP contribution in [0.1, 0.15) is 28.9 Å². The summed E-state index contributed by atoms with van der Waals surface area (Å²) in [5, 5.41) is 14.5. The molecule has 0 spiro atoms. The summed E-state index contributed by atoms with van der Waals surface area (Å²) in [5.74, 6) is -0.361. The summed E-state index contributed by atoms with van der Waals surface area (Å²) in [6.07, 6.45) is 1.61. The van der Waals surface area contributed by atoms with Crippen molar-refractivity contribution in [2.24, 2.45) is 0 Å². The highest BCUT2D eigenvalue weighted by Crippen LogP contribution is 2.21. The third-order valence-electron chi connectivity index (χ3n) is 4.98. The van der Waals surface area contributed by atoms with Crippen LogP contribution in [0.3, 0.4) is 0 Å². The van der Waals surface area contributed by atoms with E-state index in [1.807, 2.05) is 72.2 Å². The van der Waals surface area contributed by atoms with Gasteiger partial charge in [-0.05, 0) is 36.8 Å². The van der Waals surface area contributed by atoms with Gasteiger partial charge in [-0.15, -0.1) is 10.2 Å². The van der Waals surface area contributed by atoms with Gasteiger partial charge in [0, 0.05) is 5.69 Å². The second-order valence-corrected chi connectivity index (χ2v) is 8.25. The number of nitrogens with zero attached hydrogens (tertiary/aromatic N) is 3. The number of carbonyl (C=O) groups excluding carboxylic acids is 2. The molecule has 0 bridgehead atoms. The number of hydrogen-bond acceptors (Lipinski definition) is 5. The Balaban J connectivity index is 1.40. The summed E-state index contributed by atoms with van der Waals surface area (Å²) >= 11 is 1.27. The van der Waals surface area contributed by atoms with E-state index in [9.17, 15) is 9.59 Å². The lowest BCUT2D eigenvalue weighted by molar-refractivity contribution is -0.113. The minimum atomic E-state index is -0.251. The molecule has 2 N–H and O–H groups in total. The molecule has 1 aromatic heterocycles. The summed E-state index contributed by atoms with van der Waals surface area (Å²) in [6.45, 7) is 1.92. The minimum absolute atomic E-state index is 0.127. The second-order valence-electron chi connectivity index (χ2n) is 7.31. The fourth-order valence-corrected chi connectivity index (χ4v) is 4.02. The Kier molecular flexibility index (Phi) is 7.16. The van der Waals surface area contributed by atoms with Gasteiger partial charge in [-0.2, -0.15) is 0 Å². The minimum Gasteiger partial charge on any atom is -0.345 e. The second kappa shape index (κ2) is 10.6. The molecule has 8 heteroatoms. The van der Waals surface area contributed by atoms with Crippen LogP contribution in [-0.4, -0.2) is 32.3 Å². The van der Waals surface area contributed by atoms with Crippen LogP contribution in [0.2, 0.25) is 0 Å². The summed E-state index contributed by atoms with van der Waals surface area (Å²) < 4.78 is 1.82. The predicted molar refractivity (Wildman–Crippen MR) is 129 cm³/mol. The number of amides is 2. The lowest BCUT2D eigenvalue weighted by Crippen LogP contribution is -2.28. The molecule has 2 amide bonds. The molecular formula is C25H23N5O2S. The first-order valence-electron chi connectivity index (χ1n) is 10.4. The maximum atomic E-state index is 12.9. The SMILES string of the molecule is C[C@H](NC(=O)c1ccccc1NC(=O)CSc1nncn1-c1ccccc1)c1ccccc1. The van der Waals surface area contributed by atoms with Gasteiger partial charge in [-0.1, -0.05) is 72.4 Å². The maximum absolute atomic E-state index is 12.9. The fourth-order valence-electron chi connectivity index (χ4n) is 3.29. The Morgan fingerprint density at radius 3 is 2.36 bits per heavy atom. The van der Waals surface area contributed by atoms with Gasteiger partial charge in [0.05, 0.1) is 23.0 Å². The molecule has 0 aliphatic heterocycles. The number of nitrogens with one attached hydrogen (secondary N) is 2. The molecule has 0 radical (unpaired) electrons. The number of carbonyl (C=O) groups is 2. The molecule has 166 valence electrons. The van der Waals surface area contributed by atoms with Gasteiger partial charge in [-0.25, -0.2) is 0 Å². The lowest BCUT2D eigenvalue weighted by atomic mass is 10.1. The Morgan fingerprint density at radius 2 is 1.61 bits per heavy atom. The van der Waals surface area contributed by atoms with Crippen molar-refractivity contribution in [3.05, 3.63) is 102 Å². The molecular weight excluding hydrogens is 434 g/mol. The van der Waals surface area contributed by atoms with E-state index in [0.717, 1.165) is 11.3 Å². The lowest BCUT2D eigenvalue weighted by Gasteiger charge is -2.16. The molecule has 0 saturated heterocycles. The third-order valence-corrected chi connectivity index (χ3v) is 5.92. The van der Waals surface area contributed by atoms with Crippen LogP contribution in [0.25, 0.3) is 5.69 Å². The monoisotopic (exact) mass is 457 g/mol. The molecule has 4 rings (SSSR count). The molecule has 0 aliphatic rings. The van der Waals surface area contributed by atoms with E-state index >= 15 is 0 Å². The van der Waals surface area contributed by atoms with Crippen molar-refractivity contribution in [2.45, 2.75) is 18.1 Å². The number of hydrogen-bond donors (Lipinski definition) is 2. The molecule has 0 fully saturated rings. The van der Waals surface area contributed by atoms with Gasteiger partial charge in [0.25, 0.3) is 5.91 Å². The van der Waals surface area contributed by atoms with Crippen molar-refractivity contribution < 1.29 is 9.59 Å². The van der Waals surface area contributed by atoms with Crippen LogP contribution in [-0.2, 0) is 4.79 Å². The van der Waals surface area contributed by atoms with Gasteiger partial charge < -0.3 is 10.6 Å². The zero-order chi connectivity index (χ0) is 23.0. The molecule has 33 heavy (non-hydrogen) atoms. The Bertz CT molecular complexity index is 1230. The van der Waals surface area contributed by atoms with Crippen molar-refractivity contribution >= 4 is 29.3 Å². The van der Waals surface area contributed by atoms with Crippen molar-refractivity contribution in [3.8, 4) is 5.69 Å². The molecule has 0 saturated carbocycles. The number of aromatic nitrogens is 3. The van der Waals surface area contributed by atoms with E-state index in [2.05, 4.69) is 20.8 Å². The molecule has 0 unspecified atom stereocenters. The molecule has 3 aromatic carbocycles. The van der Waals surface area contributed by atoms with E-state index in [4.69, 9.17) is 0 Å². The molecule has 1 heterocycles. The molecule has 0 aliphatic carbocycles. The van der Waals surface area contributed by atoms with Crippen LogP contribution < -0.4 is 10.6 Å². The zero-order valence-corrected chi connectivity index (χ0v) is 18.8. The summed E-state index contributed by atoms with van der Waals surface area (Å²) in [4.78, 5) is 25.5. The van der Waals surface area contributed by atoms with Gasteiger partial charge in [-0.3, -0.25) is 14.2 Å². The van der Waals surface area contributed by atoms with Crippen LogP contribution >= 0.6 is 11.8 Å². The number of benzene rings is 3. The van der Waals surface area contributed by atoms with E-state index in [1.165, 1.54) is 11.8 Å². The molecule has 1 atom stereocenters. The van der Waals surface area contributed by atoms with Crippen molar-refractivity contribution in [1.82, 2.24) is 20.1 Å². The fraction of sp³-hybridized carbons (Fsp3) is 0.120. The molecule has 7 nitrogen and oxygen atoms in total. The summed E-state index contributed by atoms with van der Waals surface area (Å²) in [5.41, 5.74) is 2.79. The zero-order valence-electron chi connectivity index (χ0n) is 18.0. The number of rotatable bonds is 8. The largest absolute Gasteiger partial charge is 0.345 e. The van der Waals surface area contributed by atoms with Crippen LogP contribution in [0.15, 0.2) is 96.4 Å². The Labute approximate surface area is 196 Å². The Hall–Kier alpha value is -3.91. The highest BCUT2D eigenvalue weighted by molar-refractivity contribution is 7.99. The average molecular weight is 458 g/mol. The van der Waals surface area contributed by atoms with E-state index in [1.54, 1.807) is 30.6 Å². The number of para-hydroxylation sites is 2. The van der Waals surface area contributed by atoms with Gasteiger partial charge in [0.15, 0.2) is 5.16 Å². The standard InChI is InChI=1S/C25H23N5O2S/c1-18(19-10-4-2-5-11-19)27-24(32)21-14-8-9-15-22(21)28-23(31)16-33-25-29-26-17-30(25)20-12-6-3-7-13-20/h2-15,17-18H,16H2,1H3,(H,27,32)(H,28,31)/t18-/m0/s1. The average Bonchev–Trinajstić information content (AvgIpc) is 3.33. The van der Waals surface area contributed by atoms with Crippen molar-refractivity contribution in [2.75, 3.05) is 11.1 Å². The highest BCUT2D eigenvalue weighted by Gasteiger charge is 2.17. The van der Waals surface area contributed by atoms with Crippen LogP contribution in [0.4, 0.5) is 5.69 Å². The summed E-state index contributed by atoms with van der Waals surface area (Å²) in [7, 11) is 0. The topological polar surface area (TPSA) is 88.9 Å². The maximum Gasteiger partial charge on any atom is 0.253 e. The smallest absolute Gasteiger partial charge is 0.253 e. The van der Waals surface area contributed by atoms with E-state index in [0.29, 0.717) is 16.4 Å². The first kappa shape index (κ1) is 22.3. The van der Waals surface area contributed by atoms with Gasteiger partial charge in [0.1, 0.15) is 6.33 Å². The van der Waals surface area contributed by atoms with Crippen LogP contribution in [0, 0.1) is 0 Å². The highest BCUT2D eigenvalue weighted by atomic mass is 32.2. The summed E-state index contributed by atoms with van der Waals surface area (Å²) in [6, 6.07) is 26.2. The number of anilines is 1. The van der Waals surface area contributed by atoms with Gasteiger partial charge >= 0.3 is 0 Å². The van der Waals surface area contributed by atoms with E-state index < -0.39 is 0 Å². The molecule has 4 aromatic rings. The van der Waals surface area contributed by atoms with Crippen molar-refractivity contribution in [3.63, 3.8) is 0 Å². The quantitative estimate of drug-likeness (QED) is 0.381. The van der Waals surface area contributed by atoms with E-state index in [-0.39, 0.29) is 23.6 Å². The normalized spacial score (nSPS) is 11.5. The van der Waals surface area contributed by atoms with Crippen LogP contribution in [0.5, 0.6) is 0 Å². The van der Waals surface area contributed by atoms with Gasteiger partial charge in [0.2, 0.25) is 5.91 Å². The number of thioether (sulfide) groups is 1.